The first-order chi connectivity index (χ1) is 22.6. The van der Waals surface area contributed by atoms with Crippen molar-refractivity contribution in [2.45, 2.75) is 15.2 Å². The first-order valence-electron chi connectivity index (χ1n) is 15.3. The van der Waals surface area contributed by atoms with Gasteiger partial charge in [0.05, 0.1) is 26.6 Å². The number of sulfone groups is 1. The zero-order chi connectivity index (χ0) is 31.1. The molecule has 0 bridgehead atoms. The van der Waals surface area contributed by atoms with E-state index in [1.807, 2.05) is 66.7 Å². The van der Waals surface area contributed by atoms with Crippen LogP contribution in [0.3, 0.4) is 0 Å². The summed E-state index contributed by atoms with van der Waals surface area (Å²) in [5, 5.41) is 0. The van der Waals surface area contributed by atoms with Crippen LogP contribution in [0.1, 0.15) is 22.3 Å². The van der Waals surface area contributed by atoms with Gasteiger partial charge in [-0.3, -0.25) is 0 Å². The fourth-order valence-corrected chi connectivity index (χ4v) is 8.66. The summed E-state index contributed by atoms with van der Waals surface area (Å²) in [7, 11) is -3.71. The van der Waals surface area contributed by atoms with Gasteiger partial charge >= 0.3 is 0 Å². The van der Waals surface area contributed by atoms with Crippen molar-refractivity contribution in [3.63, 3.8) is 0 Å². The SMILES string of the molecule is O=S1(=O)c2ccccc2C(c2ccccc2)(c2ccc(-c3cc(-c4ccccc4)cc(-c4ccccc4)n3)cc2)c2ccccc21. The molecule has 0 N–H and O–H groups in total. The van der Waals surface area contributed by atoms with Gasteiger partial charge in [-0.15, -0.1) is 0 Å². The molecule has 0 saturated carbocycles. The third-order valence-corrected chi connectivity index (χ3v) is 10.9. The second-order valence-corrected chi connectivity index (χ2v) is 13.4. The third-order valence-electron chi connectivity index (χ3n) is 8.98. The Morgan fingerprint density at radius 1 is 0.391 bits per heavy atom. The minimum atomic E-state index is -3.71. The van der Waals surface area contributed by atoms with E-state index in [0.29, 0.717) is 9.79 Å². The lowest BCUT2D eigenvalue weighted by atomic mass is 9.64. The Kier molecular flexibility index (Phi) is 6.74. The van der Waals surface area contributed by atoms with Gasteiger partial charge in [0, 0.05) is 11.1 Å². The molecular formula is C42H29NO2S. The van der Waals surface area contributed by atoms with Crippen LogP contribution in [0.5, 0.6) is 0 Å². The molecule has 0 fully saturated rings. The highest BCUT2D eigenvalue weighted by Gasteiger charge is 2.48. The second kappa shape index (κ2) is 11.1. The Morgan fingerprint density at radius 2 is 0.804 bits per heavy atom. The summed E-state index contributed by atoms with van der Waals surface area (Å²) in [5.74, 6) is 0. The third kappa shape index (κ3) is 4.41. The van der Waals surface area contributed by atoms with Crippen LogP contribution in [0.2, 0.25) is 0 Å². The van der Waals surface area contributed by atoms with Gasteiger partial charge in [-0.25, -0.2) is 13.4 Å². The van der Waals surface area contributed by atoms with E-state index in [4.69, 9.17) is 4.98 Å². The van der Waals surface area contributed by atoms with Crippen molar-refractivity contribution >= 4 is 9.84 Å². The van der Waals surface area contributed by atoms with Crippen molar-refractivity contribution in [2.24, 2.45) is 0 Å². The zero-order valence-corrected chi connectivity index (χ0v) is 25.7. The molecule has 4 heteroatoms. The van der Waals surface area contributed by atoms with Gasteiger partial charge in [0.15, 0.2) is 0 Å². The lowest BCUT2D eigenvalue weighted by Gasteiger charge is -2.41. The quantitative estimate of drug-likeness (QED) is 0.195. The molecule has 0 aliphatic carbocycles. The predicted octanol–water partition coefficient (Wildman–Crippen LogP) is 9.61. The Balaban J connectivity index is 1.35. The van der Waals surface area contributed by atoms with Crippen molar-refractivity contribution in [3.8, 4) is 33.6 Å². The molecule has 220 valence electrons. The number of rotatable bonds is 5. The monoisotopic (exact) mass is 611 g/mol. The molecule has 1 aliphatic rings. The molecule has 0 saturated heterocycles. The van der Waals surface area contributed by atoms with E-state index in [9.17, 15) is 8.42 Å². The van der Waals surface area contributed by atoms with Crippen LogP contribution in [0.25, 0.3) is 33.6 Å². The van der Waals surface area contributed by atoms with Crippen molar-refractivity contribution in [1.29, 1.82) is 0 Å². The topological polar surface area (TPSA) is 47.0 Å². The van der Waals surface area contributed by atoms with Crippen LogP contribution < -0.4 is 0 Å². The number of fused-ring (bicyclic) bond motifs is 2. The van der Waals surface area contributed by atoms with Gasteiger partial charge in [0.1, 0.15) is 0 Å². The smallest absolute Gasteiger partial charge is 0.207 e. The molecular weight excluding hydrogens is 583 g/mol. The van der Waals surface area contributed by atoms with E-state index in [0.717, 1.165) is 55.9 Å². The lowest BCUT2D eigenvalue weighted by Crippen LogP contribution is -2.37. The van der Waals surface area contributed by atoms with Crippen LogP contribution in [0.15, 0.2) is 186 Å². The van der Waals surface area contributed by atoms with Crippen molar-refractivity contribution in [1.82, 2.24) is 4.98 Å². The normalized spacial score (nSPS) is 14.2. The summed E-state index contributed by atoms with van der Waals surface area (Å²) in [6.07, 6.45) is 0. The minimum Gasteiger partial charge on any atom is -0.248 e. The van der Waals surface area contributed by atoms with E-state index in [1.54, 1.807) is 24.3 Å². The number of hydrogen-bond donors (Lipinski definition) is 0. The van der Waals surface area contributed by atoms with E-state index in [1.165, 1.54) is 0 Å². The highest BCUT2D eigenvalue weighted by Crippen LogP contribution is 2.53. The number of aromatic nitrogens is 1. The van der Waals surface area contributed by atoms with Gasteiger partial charge < -0.3 is 0 Å². The Hall–Kier alpha value is -5.58. The van der Waals surface area contributed by atoms with Gasteiger partial charge in [-0.2, -0.15) is 0 Å². The number of pyridine rings is 1. The maximum Gasteiger partial charge on any atom is 0.207 e. The highest BCUT2D eigenvalue weighted by molar-refractivity contribution is 7.91. The zero-order valence-electron chi connectivity index (χ0n) is 24.9. The fourth-order valence-electron chi connectivity index (χ4n) is 6.89. The van der Waals surface area contributed by atoms with Crippen LogP contribution in [0.4, 0.5) is 0 Å². The van der Waals surface area contributed by atoms with E-state index in [2.05, 4.69) is 84.9 Å². The van der Waals surface area contributed by atoms with Crippen molar-refractivity contribution < 1.29 is 8.42 Å². The van der Waals surface area contributed by atoms with Crippen LogP contribution >= 0.6 is 0 Å². The minimum absolute atomic E-state index is 0.339. The van der Waals surface area contributed by atoms with E-state index in [-0.39, 0.29) is 0 Å². The highest BCUT2D eigenvalue weighted by atomic mass is 32.2. The molecule has 0 spiro atoms. The Bertz CT molecular complexity index is 2190. The molecule has 0 radical (unpaired) electrons. The van der Waals surface area contributed by atoms with Gasteiger partial charge in [0.2, 0.25) is 9.84 Å². The first kappa shape index (κ1) is 27.9. The Labute approximate surface area is 269 Å². The van der Waals surface area contributed by atoms with E-state index >= 15 is 0 Å². The standard InChI is InChI=1S/C42H29NO2S/c44-46(45)40-22-12-10-20-36(40)42(34-18-8-3-9-19-34,37-21-11-13-23-41(37)46)35-26-24-32(25-27-35)39-29-33(30-14-4-1-5-15-30)28-38(43-39)31-16-6-2-7-17-31/h1-29H. The predicted molar refractivity (Wildman–Crippen MR) is 184 cm³/mol. The maximum atomic E-state index is 14.0. The number of benzene rings is 6. The molecule has 46 heavy (non-hydrogen) atoms. The Morgan fingerprint density at radius 3 is 1.35 bits per heavy atom. The molecule has 0 atom stereocenters. The second-order valence-electron chi connectivity index (χ2n) is 11.5. The first-order valence-corrected chi connectivity index (χ1v) is 16.8. The van der Waals surface area contributed by atoms with Crippen LogP contribution in [0, 0.1) is 0 Å². The van der Waals surface area contributed by atoms with Gasteiger partial charge in [-0.1, -0.05) is 152 Å². The molecule has 3 nitrogen and oxygen atoms in total. The average molecular weight is 612 g/mol. The van der Waals surface area contributed by atoms with E-state index < -0.39 is 15.3 Å². The maximum absolute atomic E-state index is 14.0. The van der Waals surface area contributed by atoms with Gasteiger partial charge in [-0.05, 0) is 57.6 Å². The van der Waals surface area contributed by atoms with Crippen LogP contribution in [-0.4, -0.2) is 13.4 Å². The molecule has 8 rings (SSSR count). The summed E-state index contributed by atoms with van der Waals surface area (Å²) in [6, 6.07) is 58.4. The summed E-state index contributed by atoms with van der Waals surface area (Å²) in [5.41, 5.74) is 8.68. The molecule has 6 aromatic carbocycles. The molecule has 1 aromatic heterocycles. The molecule has 0 unspecified atom stereocenters. The van der Waals surface area contributed by atoms with Crippen molar-refractivity contribution in [2.75, 3.05) is 0 Å². The average Bonchev–Trinajstić information content (AvgIpc) is 3.13. The fraction of sp³-hybridized carbons (Fsp3) is 0.0238. The van der Waals surface area contributed by atoms with Gasteiger partial charge in [0.25, 0.3) is 0 Å². The van der Waals surface area contributed by atoms with Crippen molar-refractivity contribution in [3.05, 3.63) is 198 Å². The molecule has 2 heterocycles. The number of nitrogens with zero attached hydrogens (tertiary/aromatic N) is 1. The summed E-state index contributed by atoms with van der Waals surface area (Å²) < 4.78 is 27.9. The summed E-state index contributed by atoms with van der Waals surface area (Å²) in [6.45, 7) is 0. The van der Waals surface area contributed by atoms with Crippen LogP contribution in [-0.2, 0) is 15.3 Å². The summed E-state index contributed by atoms with van der Waals surface area (Å²) in [4.78, 5) is 5.81. The largest absolute Gasteiger partial charge is 0.248 e. The molecule has 0 amide bonds. The summed E-state index contributed by atoms with van der Waals surface area (Å²) >= 11 is 0. The molecule has 1 aliphatic heterocycles. The number of hydrogen-bond acceptors (Lipinski definition) is 3. The molecule has 7 aromatic rings. The lowest BCUT2D eigenvalue weighted by molar-refractivity contribution is 0.579.